The zero-order chi connectivity index (χ0) is 12.8. The molecule has 92 valence electrons. The van der Waals surface area contributed by atoms with E-state index in [1.807, 2.05) is 0 Å². The van der Waals surface area contributed by atoms with Gasteiger partial charge in [0, 0.05) is 17.4 Å². The van der Waals surface area contributed by atoms with Crippen molar-refractivity contribution in [2.75, 3.05) is 0 Å². The number of fused-ring (bicyclic) bond motifs is 1. The van der Waals surface area contributed by atoms with E-state index in [0.29, 0.717) is 17.9 Å². The Hall–Kier alpha value is -1.18. The van der Waals surface area contributed by atoms with E-state index < -0.39 is 0 Å². The van der Waals surface area contributed by atoms with Crippen LogP contribution < -0.4 is 0 Å². The third-order valence-electron chi connectivity index (χ3n) is 4.15. The fourth-order valence-corrected chi connectivity index (χ4v) is 3.10. The van der Waals surface area contributed by atoms with Gasteiger partial charge in [-0.05, 0) is 37.3 Å². The summed E-state index contributed by atoms with van der Waals surface area (Å²) >= 11 is 0. The van der Waals surface area contributed by atoms with E-state index in [2.05, 4.69) is 20.8 Å². The van der Waals surface area contributed by atoms with E-state index in [1.54, 1.807) is 6.92 Å². The molecule has 0 amide bonds. The molecule has 0 fully saturated rings. The maximum atomic E-state index is 12.3. The smallest absolute Gasteiger partial charge is 0.182 e. The molecular weight excluding hydrogens is 212 g/mol. The van der Waals surface area contributed by atoms with Gasteiger partial charge in [-0.15, -0.1) is 0 Å². The molecule has 2 rings (SSSR count). The summed E-state index contributed by atoms with van der Waals surface area (Å²) in [4.78, 5) is 24.2. The first kappa shape index (κ1) is 12.3. The zero-order valence-corrected chi connectivity index (χ0v) is 11.1. The Morgan fingerprint density at radius 3 is 2.53 bits per heavy atom. The Morgan fingerprint density at radius 1 is 1.29 bits per heavy atom. The first-order valence-electron chi connectivity index (χ1n) is 6.34. The third-order valence-corrected chi connectivity index (χ3v) is 4.15. The molecule has 0 spiro atoms. The lowest BCUT2D eigenvalue weighted by molar-refractivity contribution is -0.117. The van der Waals surface area contributed by atoms with Crippen LogP contribution in [0.4, 0.5) is 0 Å². The standard InChI is InChI=1S/C15H20O2/c1-9(2)11-5-6-15(4)8-13(17)10(3)7-12(16)14(11)15/h7,9H,5-6,8H2,1-4H3. The summed E-state index contributed by atoms with van der Waals surface area (Å²) in [5.41, 5.74) is 2.58. The molecule has 1 unspecified atom stereocenters. The predicted molar refractivity (Wildman–Crippen MR) is 67.6 cm³/mol. The van der Waals surface area contributed by atoms with Gasteiger partial charge in [-0.25, -0.2) is 0 Å². The Balaban J connectivity index is 2.57. The fraction of sp³-hybridized carbons (Fsp3) is 0.600. The molecule has 0 aliphatic heterocycles. The van der Waals surface area contributed by atoms with Crippen LogP contribution in [0.15, 0.2) is 22.8 Å². The van der Waals surface area contributed by atoms with Crippen molar-refractivity contribution in [3.63, 3.8) is 0 Å². The highest BCUT2D eigenvalue weighted by Crippen LogP contribution is 2.49. The van der Waals surface area contributed by atoms with Gasteiger partial charge in [0.2, 0.25) is 0 Å². The van der Waals surface area contributed by atoms with Crippen molar-refractivity contribution in [2.24, 2.45) is 11.3 Å². The monoisotopic (exact) mass is 232 g/mol. The van der Waals surface area contributed by atoms with Gasteiger partial charge < -0.3 is 0 Å². The van der Waals surface area contributed by atoms with Crippen molar-refractivity contribution < 1.29 is 9.59 Å². The fourth-order valence-electron chi connectivity index (χ4n) is 3.10. The SMILES string of the molecule is CC1=CC(=O)C2=C(C(C)C)CCC2(C)CC1=O. The molecule has 2 aliphatic rings. The van der Waals surface area contributed by atoms with E-state index >= 15 is 0 Å². The highest BCUT2D eigenvalue weighted by atomic mass is 16.1. The minimum atomic E-state index is -0.220. The summed E-state index contributed by atoms with van der Waals surface area (Å²) in [7, 11) is 0. The van der Waals surface area contributed by atoms with E-state index in [9.17, 15) is 9.59 Å². The number of carbonyl (C=O) groups is 2. The summed E-state index contributed by atoms with van der Waals surface area (Å²) in [6.07, 6.45) is 3.94. The van der Waals surface area contributed by atoms with E-state index in [4.69, 9.17) is 0 Å². The minimum Gasteiger partial charge on any atom is -0.295 e. The molecule has 2 heteroatoms. The van der Waals surface area contributed by atoms with Crippen LogP contribution in [0.1, 0.15) is 47.0 Å². The largest absolute Gasteiger partial charge is 0.295 e. The molecule has 0 saturated carbocycles. The molecule has 17 heavy (non-hydrogen) atoms. The van der Waals surface area contributed by atoms with Gasteiger partial charge in [0.25, 0.3) is 0 Å². The van der Waals surface area contributed by atoms with E-state index in [-0.39, 0.29) is 17.0 Å². The van der Waals surface area contributed by atoms with Crippen LogP contribution >= 0.6 is 0 Å². The van der Waals surface area contributed by atoms with Crippen LogP contribution in [-0.2, 0) is 9.59 Å². The highest BCUT2D eigenvalue weighted by molar-refractivity contribution is 6.13. The number of hydrogen-bond acceptors (Lipinski definition) is 2. The average Bonchev–Trinajstić information content (AvgIpc) is 2.51. The van der Waals surface area contributed by atoms with Gasteiger partial charge in [0.1, 0.15) is 0 Å². The third kappa shape index (κ3) is 1.90. The van der Waals surface area contributed by atoms with Crippen molar-refractivity contribution >= 4 is 11.6 Å². The van der Waals surface area contributed by atoms with Crippen LogP contribution in [0.2, 0.25) is 0 Å². The van der Waals surface area contributed by atoms with Crippen LogP contribution in [0.25, 0.3) is 0 Å². The molecule has 0 aromatic carbocycles. The molecule has 0 aromatic rings. The Labute approximate surface area is 103 Å². The lowest BCUT2D eigenvalue weighted by atomic mass is 9.77. The Morgan fingerprint density at radius 2 is 1.94 bits per heavy atom. The van der Waals surface area contributed by atoms with Gasteiger partial charge in [0.05, 0.1) is 0 Å². The van der Waals surface area contributed by atoms with E-state index in [0.717, 1.165) is 18.4 Å². The van der Waals surface area contributed by atoms with Gasteiger partial charge >= 0.3 is 0 Å². The van der Waals surface area contributed by atoms with Gasteiger partial charge in [-0.2, -0.15) is 0 Å². The van der Waals surface area contributed by atoms with Crippen molar-refractivity contribution in [3.8, 4) is 0 Å². The van der Waals surface area contributed by atoms with Crippen LogP contribution in [0.5, 0.6) is 0 Å². The molecule has 0 saturated heterocycles. The Bertz CT molecular complexity index is 452. The number of Topliss-reactive ketones (excluding diaryl/α,β-unsaturated/α-hetero) is 1. The number of ketones is 2. The lowest BCUT2D eigenvalue weighted by Crippen LogP contribution is -2.22. The Kier molecular flexibility index (Phi) is 2.84. The molecule has 0 heterocycles. The molecule has 2 nitrogen and oxygen atoms in total. The van der Waals surface area contributed by atoms with Gasteiger partial charge in [0.15, 0.2) is 11.6 Å². The number of rotatable bonds is 1. The second-order valence-corrected chi connectivity index (χ2v) is 5.91. The molecule has 0 aromatic heterocycles. The maximum Gasteiger partial charge on any atom is 0.182 e. The van der Waals surface area contributed by atoms with Crippen molar-refractivity contribution in [1.82, 2.24) is 0 Å². The minimum absolute atomic E-state index is 0.0667. The van der Waals surface area contributed by atoms with Crippen molar-refractivity contribution in [1.29, 1.82) is 0 Å². The van der Waals surface area contributed by atoms with Crippen molar-refractivity contribution in [2.45, 2.75) is 47.0 Å². The van der Waals surface area contributed by atoms with Crippen LogP contribution in [0, 0.1) is 11.3 Å². The lowest BCUT2D eigenvalue weighted by Gasteiger charge is -2.24. The quantitative estimate of drug-likeness (QED) is 0.695. The molecule has 2 aliphatic carbocycles. The first-order chi connectivity index (χ1) is 7.85. The molecule has 0 bridgehead atoms. The van der Waals surface area contributed by atoms with E-state index in [1.165, 1.54) is 11.6 Å². The average molecular weight is 232 g/mol. The molecule has 0 N–H and O–H groups in total. The summed E-state index contributed by atoms with van der Waals surface area (Å²) in [6.45, 7) is 8.08. The van der Waals surface area contributed by atoms with Crippen molar-refractivity contribution in [3.05, 3.63) is 22.8 Å². The number of allylic oxidation sites excluding steroid dienone is 4. The normalized spacial score (nSPS) is 29.6. The highest BCUT2D eigenvalue weighted by Gasteiger charge is 2.43. The second-order valence-electron chi connectivity index (χ2n) is 5.91. The van der Waals surface area contributed by atoms with Gasteiger partial charge in [-0.1, -0.05) is 26.3 Å². The van der Waals surface area contributed by atoms with Gasteiger partial charge in [-0.3, -0.25) is 9.59 Å². The number of hydrogen-bond donors (Lipinski definition) is 0. The molecular formula is C15H20O2. The summed E-state index contributed by atoms with van der Waals surface area (Å²) in [5, 5.41) is 0. The van der Waals surface area contributed by atoms with Crippen LogP contribution in [0.3, 0.4) is 0 Å². The summed E-state index contributed by atoms with van der Waals surface area (Å²) in [5.74, 6) is 0.593. The first-order valence-corrected chi connectivity index (χ1v) is 6.34. The number of carbonyl (C=O) groups excluding carboxylic acids is 2. The molecule has 0 radical (unpaired) electrons. The van der Waals surface area contributed by atoms with Crippen LogP contribution in [-0.4, -0.2) is 11.6 Å². The summed E-state index contributed by atoms with van der Waals surface area (Å²) in [6, 6.07) is 0. The zero-order valence-electron chi connectivity index (χ0n) is 11.1. The summed E-state index contributed by atoms with van der Waals surface area (Å²) < 4.78 is 0. The topological polar surface area (TPSA) is 34.1 Å². The molecule has 1 atom stereocenters. The second kappa shape index (κ2) is 3.94. The maximum absolute atomic E-state index is 12.3. The predicted octanol–water partition coefficient (Wildman–Crippen LogP) is 3.23.